The van der Waals surface area contributed by atoms with Crippen molar-refractivity contribution in [3.63, 3.8) is 0 Å². The molecular weight excluding hydrogens is 340 g/mol. The van der Waals surface area contributed by atoms with Gasteiger partial charge < -0.3 is 14.6 Å². The normalized spacial score (nSPS) is 18.0. The number of hydrogen-bond acceptors (Lipinski definition) is 5. The summed E-state index contributed by atoms with van der Waals surface area (Å²) in [6, 6.07) is 8.79. The van der Waals surface area contributed by atoms with Crippen molar-refractivity contribution in [1.82, 2.24) is 14.9 Å². The van der Waals surface area contributed by atoms with Crippen LogP contribution in [0, 0.1) is 0 Å². The van der Waals surface area contributed by atoms with Crippen LogP contribution in [0.1, 0.15) is 42.4 Å². The van der Waals surface area contributed by atoms with Gasteiger partial charge in [-0.1, -0.05) is 26.0 Å². The van der Waals surface area contributed by atoms with Crippen molar-refractivity contribution in [2.24, 2.45) is 0 Å². The first-order valence-corrected chi connectivity index (χ1v) is 9.86. The van der Waals surface area contributed by atoms with E-state index < -0.39 is 0 Å². The van der Waals surface area contributed by atoms with Crippen LogP contribution < -0.4 is 10.5 Å². The number of H-pyrrole nitrogens is 1. The predicted octanol–water partition coefficient (Wildman–Crippen LogP) is 2.29. The number of aromatic amines is 1. The molecule has 0 radical (unpaired) electrons. The molecule has 1 N–H and O–H groups in total. The molecular formula is C21H28N4O2. The Morgan fingerprint density at radius 2 is 1.89 bits per heavy atom. The highest BCUT2D eigenvalue weighted by Gasteiger charge is 2.22. The molecule has 0 spiro atoms. The van der Waals surface area contributed by atoms with E-state index in [0.29, 0.717) is 6.54 Å². The molecule has 4 rings (SSSR count). The molecule has 1 aromatic heterocycles. The number of nitrogens with zero attached hydrogens (tertiary/aromatic N) is 3. The number of fused-ring (bicyclic) bond motifs is 1. The standard InChI is InChI=1S/C21H28N4O2/c1-15(2)20-22-19-7-8-24(14-18(19)21(26)23-20)13-16-3-5-17(6-4-16)25-9-11-27-12-10-25/h3-6,15H,7-14H2,1-2H3,(H,22,23,26). The Hall–Kier alpha value is -2.18. The first kappa shape index (κ1) is 18.2. The van der Waals surface area contributed by atoms with E-state index in [1.54, 1.807) is 0 Å². The smallest absolute Gasteiger partial charge is 0.255 e. The van der Waals surface area contributed by atoms with Crippen molar-refractivity contribution >= 4 is 5.69 Å². The monoisotopic (exact) mass is 368 g/mol. The Bertz CT molecular complexity index is 838. The van der Waals surface area contributed by atoms with Gasteiger partial charge in [-0.15, -0.1) is 0 Å². The Morgan fingerprint density at radius 3 is 2.59 bits per heavy atom. The zero-order valence-corrected chi connectivity index (χ0v) is 16.2. The summed E-state index contributed by atoms with van der Waals surface area (Å²) in [6.45, 7) is 10.1. The van der Waals surface area contributed by atoms with Gasteiger partial charge in [-0.2, -0.15) is 0 Å². The summed E-state index contributed by atoms with van der Waals surface area (Å²) in [4.78, 5) is 24.8. The highest BCUT2D eigenvalue weighted by molar-refractivity contribution is 5.48. The Balaban J connectivity index is 1.43. The van der Waals surface area contributed by atoms with Crippen LogP contribution in [0.4, 0.5) is 5.69 Å². The van der Waals surface area contributed by atoms with Crippen molar-refractivity contribution < 1.29 is 4.74 Å². The van der Waals surface area contributed by atoms with Crippen LogP contribution in [0.25, 0.3) is 0 Å². The van der Waals surface area contributed by atoms with E-state index in [1.807, 2.05) is 0 Å². The summed E-state index contributed by atoms with van der Waals surface area (Å²) < 4.78 is 5.42. The maximum atomic E-state index is 12.5. The van der Waals surface area contributed by atoms with Crippen LogP contribution in [0.5, 0.6) is 0 Å². The minimum atomic E-state index is 0.0241. The fraction of sp³-hybridized carbons (Fsp3) is 0.524. The number of nitrogens with one attached hydrogen (secondary N) is 1. The van der Waals surface area contributed by atoms with Gasteiger partial charge in [0.1, 0.15) is 5.82 Å². The van der Waals surface area contributed by atoms with Gasteiger partial charge in [0.05, 0.1) is 24.5 Å². The third-order valence-corrected chi connectivity index (χ3v) is 5.43. The summed E-state index contributed by atoms with van der Waals surface area (Å²) >= 11 is 0. The van der Waals surface area contributed by atoms with Gasteiger partial charge >= 0.3 is 0 Å². The maximum absolute atomic E-state index is 12.5. The summed E-state index contributed by atoms with van der Waals surface area (Å²) in [6.07, 6.45) is 0.838. The fourth-order valence-corrected chi connectivity index (χ4v) is 3.80. The molecule has 0 unspecified atom stereocenters. The van der Waals surface area contributed by atoms with Crippen LogP contribution in [0.15, 0.2) is 29.1 Å². The van der Waals surface area contributed by atoms with Gasteiger partial charge in [0.15, 0.2) is 0 Å². The Morgan fingerprint density at radius 1 is 1.15 bits per heavy atom. The topological polar surface area (TPSA) is 61.5 Å². The van der Waals surface area contributed by atoms with E-state index >= 15 is 0 Å². The lowest BCUT2D eigenvalue weighted by Gasteiger charge is -2.30. The maximum Gasteiger partial charge on any atom is 0.255 e. The lowest BCUT2D eigenvalue weighted by atomic mass is 10.0. The Labute approximate surface area is 160 Å². The second-order valence-corrected chi connectivity index (χ2v) is 7.76. The van der Waals surface area contributed by atoms with Crippen molar-refractivity contribution in [3.05, 3.63) is 57.3 Å². The number of aromatic nitrogens is 2. The summed E-state index contributed by atoms with van der Waals surface area (Å²) in [5.41, 5.74) is 4.36. The predicted molar refractivity (Wildman–Crippen MR) is 106 cm³/mol. The van der Waals surface area contributed by atoms with Gasteiger partial charge in [-0.25, -0.2) is 4.98 Å². The second-order valence-electron chi connectivity index (χ2n) is 7.76. The number of morpholine rings is 1. The number of ether oxygens (including phenoxy) is 1. The van der Waals surface area contributed by atoms with E-state index in [-0.39, 0.29) is 11.5 Å². The molecule has 0 saturated carbocycles. The van der Waals surface area contributed by atoms with Crippen molar-refractivity contribution in [2.45, 2.75) is 39.3 Å². The minimum absolute atomic E-state index is 0.0241. The zero-order chi connectivity index (χ0) is 18.8. The number of anilines is 1. The van der Waals surface area contributed by atoms with Gasteiger partial charge in [-0.3, -0.25) is 9.69 Å². The lowest BCUT2D eigenvalue weighted by molar-refractivity contribution is 0.122. The zero-order valence-electron chi connectivity index (χ0n) is 16.2. The van der Waals surface area contributed by atoms with Crippen LogP contribution in [-0.2, 0) is 24.2 Å². The summed E-state index contributed by atoms with van der Waals surface area (Å²) in [5.74, 6) is 1.04. The molecule has 0 aliphatic carbocycles. The molecule has 2 aromatic rings. The molecule has 0 amide bonds. The second kappa shape index (κ2) is 7.82. The van der Waals surface area contributed by atoms with E-state index in [4.69, 9.17) is 4.74 Å². The molecule has 2 aliphatic heterocycles. The number of hydrogen-bond donors (Lipinski definition) is 1. The molecule has 27 heavy (non-hydrogen) atoms. The third kappa shape index (κ3) is 4.06. The molecule has 0 bridgehead atoms. The fourth-order valence-electron chi connectivity index (χ4n) is 3.80. The molecule has 0 atom stereocenters. The van der Waals surface area contributed by atoms with E-state index in [2.05, 4.69) is 57.9 Å². The highest BCUT2D eigenvalue weighted by atomic mass is 16.5. The molecule has 2 aliphatic rings. The van der Waals surface area contributed by atoms with Crippen LogP contribution in [0.3, 0.4) is 0 Å². The molecule has 1 fully saturated rings. The highest BCUT2D eigenvalue weighted by Crippen LogP contribution is 2.21. The van der Waals surface area contributed by atoms with Gasteiger partial charge in [-0.05, 0) is 17.7 Å². The minimum Gasteiger partial charge on any atom is -0.378 e. The molecule has 1 saturated heterocycles. The largest absolute Gasteiger partial charge is 0.378 e. The molecule has 6 heteroatoms. The van der Waals surface area contributed by atoms with Gasteiger partial charge in [0.2, 0.25) is 0 Å². The first-order valence-electron chi connectivity index (χ1n) is 9.86. The van der Waals surface area contributed by atoms with E-state index in [9.17, 15) is 4.79 Å². The average molecular weight is 368 g/mol. The first-order chi connectivity index (χ1) is 13.1. The van der Waals surface area contributed by atoms with Gasteiger partial charge in [0.25, 0.3) is 5.56 Å². The van der Waals surface area contributed by atoms with Gasteiger partial charge in [0, 0.05) is 50.7 Å². The van der Waals surface area contributed by atoms with Crippen molar-refractivity contribution in [1.29, 1.82) is 0 Å². The van der Waals surface area contributed by atoms with E-state index in [1.165, 1.54) is 11.3 Å². The van der Waals surface area contributed by atoms with Crippen LogP contribution in [0.2, 0.25) is 0 Å². The van der Waals surface area contributed by atoms with Crippen molar-refractivity contribution in [2.75, 3.05) is 37.7 Å². The number of benzene rings is 1. The molecule has 144 valence electrons. The molecule has 6 nitrogen and oxygen atoms in total. The van der Waals surface area contributed by atoms with Crippen molar-refractivity contribution in [3.8, 4) is 0 Å². The third-order valence-electron chi connectivity index (χ3n) is 5.43. The van der Waals surface area contributed by atoms with E-state index in [0.717, 1.165) is 62.9 Å². The molecule has 1 aromatic carbocycles. The quantitative estimate of drug-likeness (QED) is 0.897. The summed E-state index contributed by atoms with van der Waals surface area (Å²) in [7, 11) is 0. The SMILES string of the molecule is CC(C)c1nc2c(c(=O)[nH]1)CN(Cc1ccc(N3CCOCC3)cc1)CC2. The summed E-state index contributed by atoms with van der Waals surface area (Å²) in [5, 5.41) is 0. The number of rotatable bonds is 4. The lowest BCUT2D eigenvalue weighted by Crippen LogP contribution is -2.36. The average Bonchev–Trinajstić information content (AvgIpc) is 2.69. The van der Waals surface area contributed by atoms with Crippen LogP contribution in [-0.4, -0.2) is 47.7 Å². The molecule has 3 heterocycles. The van der Waals surface area contributed by atoms with Crippen LogP contribution >= 0.6 is 0 Å². The Kier molecular flexibility index (Phi) is 5.27.